The average molecular weight is 230 g/mol. The van der Waals surface area contributed by atoms with E-state index in [1.165, 1.54) is 17.8 Å². The van der Waals surface area contributed by atoms with Gasteiger partial charge in [-0.15, -0.1) is 11.3 Å². The topological polar surface area (TPSA) is 57.4 Å². The number of nitrogen functional groups attached to an aromatic ring is 1. The minimum absolute atomic E-state index is 0.519. The summed E-state index contributed by atoms with van der Waals surface area (Å²) < 4.78 is 10.7. The summed E-state index contributed by atoms with van der Waals surface area (Å²) >= 11 is 1.43. The lowest BCUT2D eigenvalue weighted by atomic mass is 10.4. The van der Waals surface area contributed by atoms with Gasteiger partial charge >= 0.3 is 0 Å². The fourth-order valence-corrected chi connectivity index (χ4v) is 1.58. The molecule has 1 heterocycles. The van der Waals surface area contributed by atoms with Crippen LogP contribution in [-0.2, 0) is 16.1 Å². The van der Waals surface area contributed by atoms with E-state index in [0.29, 0.717) is 25.0 Å². The van der Waals surface area contributed by atoms with Crippen molar-refractivity contribution in [2.24, 2.45) is 0 Å². The molecule has 15 heavy (non-hydrogen) atoms. The normalized spacial score (nSPS) is 10.7. The maximum Gasteiger partial charge on any atom is 0.180 e. The maximum absolute atomic E-state index is 5.49. The van der Waals surface area contributed by atoms with Crippen molar-refractivity contribution in [3.63, 3.8) is 0 Å². The summed E-state index contributed by atoms with van der Waals surface area (Å²) in [6, 6.07) is 0. The number of hydrogen-bond donors (Lipinski definition) is 1. The number of thiazole rings is 1. The lowest BCUT2D eigenvalue weighted by Gasteiger charge is -2.03. The molecule has 0 aliphatic heterocycles. The van der Waals surface area contributed by atoms with Gasteiger partial charge in [-0.2, -0.15) is 0 Å². The third kappa shape index (κ3) is 5.71. The van der Waals surface area contributed by atoms with Crippen LogP contribution >= 0.6 is 11.3 Å². The number of hydrogen-bond acceptors (Lipinski definition) is 5. The fourth-order valence-electron chi connectivity index (χ4n) is 1.03. The molecule has 2 N–H and O–H groups in total. The SMILES string of the molecule is CCCCOCCOCc1csc(N)n1. The number of ether oxygens (including phenoxy) is 2. The molecule has 0 aliphatic rings. The van der Waals surface area contributed by atoms with Crippen molar-refractivity contribution in [3.05, 3.63) is 11.1 Å². The van der Waals surface area contributed by atoms with Crippen LogP contribution in [0.5, 0.6) is 0 Å². The Morgan fingerprint density at radius 2 is 2.13 bits per heavy atom. The molecule has 0 saturated heterocycles. The third-order valence-electron chi connectivity index (χ3n) is 1.83. The van der Waals surface area contributed by atoms with E-state index in [-0.39, 0.29) is 0 Å². The zero-order valence-corrected chi connectivity index (χ0v) is 9.89. The van der Waals surface area contributed by atoms with Gasteiger partial charge in [0, 0.05) is 12.0 Å². The van der Waals surface area contributed by atoms with E-state index in [4.69, 9.17) is 15.2 Å². The summed E-state index contributed by atoms with van der Waals surface area (Å²) in [5.41, 5.74) is 6.39. The van der Waals surface area contributed by atoms with Gasteiger partial charge in [-0.1, -0.05) is 13.3 Å². The Morgan fingerprint density at radius 1 is 1.33 bits per heavy atom. The summed E-state index contributed by atoms with van der Waals surface area (Å²) in [7, 11) is 0. The largest absolute Gasteiger partial charge is 0.379 e. The Bertz CT molecular complexity index is 266. The quantitative estimate of drug-likeness (QED) is 0.694. The Kier molecular flexibility index (Phi) is 6.31. The van der Waals surface area contributed by atoms with Gasteiger partial charge in [0.15, 0.2) is 5.13 Å². The third-order valence-corrected chi connectivity index (χ3v) is 2.56. The number of rotatable bonds is 8. The van der Waals surface area contributed by atoms with Gasteiger partial charge in [0.05, 0.1) is 25.5 Å². The van der Waals surface area contributed by atoms with Gasteiger partial charge in [0.2, 0.25) is 0 Å². The summed E-state index contributed by atoms with van der Waals surface area (Å²) in [5.74, 6) is 0. The van der Waals surface area contributed by atoms with Crippen LogP contribution in [0.1, 0.15) is 25.5 Å². The Balaban J connectivity index is 1.93. The molecule has 0 unspecified atom stereocenters. The van der Waals surface area contributed by atoms with Crippen molar-refractivity contribution < 1.29 is 9.47 Å². The van der Waals surface area contributed by atoms with E-state index in [1.54, 1.807) is 0 Å². The van der Waals surface area contributed by atoms with Crippen LogP contribution in [0.15, 0.2) is 5.38 Å². The molecule has 0 saturated carbocycles. The minimum Gasteiger partial charge on any atom is -0.379 e. The summed E-state index contributed by atoms with van der Waals surface area (Å²) in [5, 5.41) is 2.50. The first-order valence-electron chi connectivity index (χ1n) is 5.18. The van der Waals surface area contributed by atoms with Crippen LogP contribution < -0.4 is 5.73 Å². The zero-order valence-electron chi connectivity index (χ0n) is 9.07. The second kappa shape index (κ2) is 7.62. The standard InChI is InChI=1S/C10H18N2O2S/c1-2-3-4-13-5-6-14-7-9-8-15-10(11)12-9/h8H,2-7H2,1H3,(H2,11,12). The minimum atomic E-state index is 0.519. The van der Waals surface area contributed by atoms with Gasteiger partial charge in [-0.25, -0.2) is 4.98 Å². The Hall–Kier alpha value is -0.650. The summed E-state index contributed by atoms with van der Waals surface area (Å²) in [6.45, 7) is 4.75. The molecule has 0 radical (unpaired) electrons. The molecule has 1 aromatic heterocycles. The average Bonchev–Trinajstić information content (AvgIpc) is 2.63. The fraction of sp³-hybridized carbons (Fsp3) is 0.700. The molecule has 0 bridgehead atoms. The Labute approximate surface area is 94.4 Å². The van der Waals surface area contributed by atoms with E-state index < -0.39 is 0 Å². The molecule has 0 aliphatic carbocycles. The van der Waals surface area contributed by atoms with E-state index in [9.17, 15) is 0 Å². The highest BCUT2D eigenvalue weighted by molar-refractivity contribution is 7.13. The second-order valence-corrected chi connectivity index (χ2v) is 4.09. The summed E-state index contributed by atoms with van der Waals surface area (Å²) in [4.78, 5) is 4.09. The molecule has 0 aromatic carbocycles. The first-order chi connectivity index (χ1) is 7.33. The van der Waals surface area contributed by atoms with Crippen LogP contribution in [-0.4, -0.2) is 24.8 Å². The van der Waals surface area contributed by atoms with Crippen molar-refractivity contribution >= 4 is 16.5 Å². The van der Waals surface area contributed by atoms with Gasteiger partial charge in [0.25, 0.3) is 0 Å². The second-order valence-electron chi connectivity index (χ2n) is 3.20. The zero-order chi connectivity index (χ0) is 10.9. The summed E-state index contributed by atoms with van der Waals surface area (Å²) in [6.07, 6.45) is 2.28. The molecular weight excluding hydrogens is 212 g/mol. The lowest BCUT2D eigenvalue weighted by Crippen LogP contribution is -2.05. The number of nitrogens with zero attached hydrogens (tertiary/aromatic N) is 1. The molecule has 5 heteroatoms. The van der Waals surface area contributed by atoms with Crippen molar-refractivity contribution in [1.82, 2.24) is 4.98 Å². The molecule has 4 nitrogen and oxygen atoms in total. The van der Waals surface area contributed by atoms with Gasteiger partial charge in [-0.05, 0) is 6.42 Å². The smallest absolute Gasteiger partial charge is 0.180 e. The molecule has 0 spiro atoms. The van der Waals surface area contributed by atoms with Crippen LogP contribution in [0.2, 0.25) is 0 Å². The van der Waals surface area contributed by atoms with Crippen LogP contribution in [0.4, 0.5) is 5.13 Å². The highest BCUT2D eigenvalue weighted by Crippen LogP contribution is 2.11. The van der Waals surface area contributed by atoms with E-state index in [1.807, 2.05) is 5.38 Å². The molecule has 86 valence electrons. The molecule has 0 amide bonds. The Morgan fingerprint density at radius 3 is 2.80 bits per heavy atom. The van der Waals surface area contributed by atoms with Gasteiger partial charge in [-0.3, -0.25) is 0 Å². The van der Waals surface area contributed by atoms with Crippen molar-refractivity contribution in [2.45, 2.75) is 26.4 Å². The first-order valence-corrected chi connectivity index (χ1v) is 6.06. The monoisotopic (exact) mass is 230 g/mol. The number of unbranched alkanes of at least 4 members (excludes halogenated alkanes) is 1. The highest BCUT2D eigenvalue weighted by Gasteiger charge is 1.98. The van der Waals surface area contributed by atoms with Crippen molar-refractivity contribution in [1.29, 1.82) is 0 Å². The highest BCUT2D eigenvalue weighted by atomic mass is 32.1. The molecule has 1 aromatic rings. The van der Waals surface area contributed by atoms with Crippen LogP contribution in [0.3, 0.4) is 0 Å². The van der Waals surface area contributed by atoms with E-state index in [2.05, 4.69) is 11.9 Å². The number of anilines is 1. The van der Waals surface area contributed by atoms with Crippen molar-refractivity contribution in [2.75, 3.05) is 25.6 Å². The first kappa shape index (κ1) is 12.4. The van der Waals surface area contributed by atoms with Crippen LogP contribution in [0, 0.1) is 0 Å². The van der Waals surface area contributed by atoms with Crippen molar-refractivity contribution in [3.8, 4) is 0 Å². The maximum atomic E-state index is 5.49. The van der Waals surface area contributed by atoms with Gasteiger partial charge in [0.1, 0.15) is 0 Å². The predicted molar refractivity (Wildman–Crippen MR) is 61.9 cm³/mol. The number of aromatic nitrogens is 1. The molecule has 1 rings (SSSR count). The molecule has 0 atom stereocenters. The molecule has 0 fully saturated rings. The van der Waals surface area contributed by atoms with E-state index in [0.717, 1.165) is 18.7 Å². The van der Waals surface area contributed by atoms with Gasteiger partial charge < -0.3 is 15.2 Å². The van der Waals surface area contributed by atoms with Crippen LogP contribution in [0.25, 0.3) is 0 Å². The lowest BCUT2D eigenvalue weighted by molar-refractivity contribution is 0.0388. The molecular formula is C10H18N2O2S. The van der Waals surface area contributed by atoms with E-state index >= 15 is 0 Å². The number of nitrogens with two attached hydrogens (primary N) is 1. The predicted octanol–water partition coefficient (Wildman–Crippen LogP) is 2.06.